The van der Waals surface area contributed by atoms with Gasteiger partial charge in [0, 0.05) is 25.3 Å². The number of para-hydroxylation sites is 1. The van der Waals surface area contributed by atoms with Gasteiger partial charge in [-0.1, -0.05) is 18.2 Å². The molecular formula is C12H20N2O. The summed E-state index contributed by atoms with van der Waals surface area (Å²) in [7, 11) is 0. The van der Waals surface area contributed by atoms with E-state index in [1.54, 1.807) is 6.92 Å². The molecule has 3 heteroatoms. The van der Waals surface area contributed by atoms with Crippen LogP contribution in [-0.2, 0) is 0 Å². The van der Waals surface area contributed by atoms with Gasteiger partial charge in [-0.3, -0.25) is 0 Å². The van der Waals surface area contributed by atoms with Crippen molar-refractivity contribution in [1.82, 2.24) is 0 Å². The normalized spacial score (nSPS) is 14.7. The molecule has 0 bridgehead atoms. The van der Waals surface area contributed by atoms with Crippen LogP contribution in [0.5, 0.6) is 0 Å². The van der Waals surface area contributed by atoms with Crippen molar-refractivity contribution in [2.45, 2.75) is 19.4 Å². The summed E-state index contributed by atoms with van der Waals surface area (Å²) in [5.74, 6) is 0. The Morgan fingerprint density at radius 1 is 1.33 bits per heavy atom. The number of aliphatic hydroxyl groups is 1. The number of hydrogen-bond acceptors (Lipinski definition) is 3. The molecule has 0 spiro atoms. The highest BCUT2D eigenvalue weighted by molar-refractivity contribution is 5.46. The van der Waals surface area contributed by atoms with Crippen molar-refractivity contribution in [3.63, 3.8) is 0 Å². The van der Waals surface area contributed by atoms with Crippen molar-refractivity contribution in [3.05, 3.63) is 30.3 Å². The molecule has 1 unspecified atom stereocenters. The molecule has 15 heavy (non-hydrogen) atoms. The van der Waals surface area contributed by atoms with Gasteiger partial charge in [0.25, 0.3) is 0 Å². The van der Waals surface area contributed by atoms with Gasteiger partial charge in [0.2, 0.25) is 0 Å². The molecule has 3 N–H and O–H groups in total. The topological polar surface area (TPSA) is 49.5 Å². The largest absolute Gasteiger partial charge is 0.387 e. The molecule has 3 nitrogen and oxygen atoms in total. The molecule has 0 aliphatic rings. The van der Waals surface area contributed by atoms with E-state index in [-0.39, 0.29) is 6.54 Å². The number of nitrogens with zero attached hydrogens (tertiary/aromatic N) is 1. The van der Waals surface area contributed by atoms with Crippen LogP contribution in [-0.4, -0.2) is 30.3 Å². The lowest BCUT2D eigenvalue weighted by Crippen LogP contribution is -2.46. The minimum atomic E-state index is -0.828. The summed E-state index contributed by atoms with van der Waals surface area (Å²) in [4.78, 5) is 2.12. The summed E-state index contributed by atoms with van der Waals surface area (Å²) in [6, 6.07) is 10.1. The van der Waals surface area contributed by atoms with Crippen LogP contribution in [0, 0.1) is 0 Å². The number of benzene rings is 1. The van der Waals surface area contributed by atoms with Gasteiger partial charge in [0.05, 0.1) is 5.60 Å². The molecule has 0 aromatic heterocycles. The Kier molecular flexibility index (Phi) is 4.12. The highest BCUT2D eigenvalue weighted by Gasteiger charge is 2.21. The van der Waals surface area contributed by atoms with Crippen LogP contribution >= 0.6 is 0 Å². The van der Waals surface area contributed by atoms with Gasteiger partial charge in [-0.15, -0.1) is 0 Å². The van der Waals surface area contributed by atoms with Crippen molar-refractivity contribution < 1.29 is 5.11 Å². The third kappa shape index (κ3) is 3.53. The Morgan fingerprint density at radius 3 is 2.40 bits per heavy atom. The second kappa shape index (κ2) is 5.14. The Hall–Kier alpha value is -1.06. The summed E-state index contributed by atoms with van der Waals surface area (Å²) in [6.07, 6.45) is 0. The minimum Gasteiger partial charge on any atom is -0.387 e. The van der Waals surface area contributed by atoms with Crippen LogP contribution in [0.2, 0.25) is 0 Å². The standard InChI is InChI=1S/C12H20N2O/c1-3-14(10-12(2,15)9-13)11-7-5-4-6-8-11/h4-8,15H,3,9-10,13H2,1-2H3. The third-order valence-corrected chi connectivity index (χ3v) is 2.47. The maximum absolute atomic E-state index is 9.92. The van der Waals surface area contributed by atoms with Crippen LogP contribution in [0.4, 0.5) is 5.69 Å². The molecule has 0 fully saturated rings. The molecular weight excluding hydrogens is 188 g/mol. The third-order valence-electron chi connectivity index (χ3n) is 2.47. The summed E-state index contributed by atoms with van der Waals surface area (Å²) >= 11 is 0. The first-order valence-corrected chi connectivity index (χ1v) is 5.31. The molecule has 0 radical (unpaired) electrons. The van der Waals surface area contributed by atoms with Crippen LogP contribution in [0.1, 0.15) is 13.8 Å². The lowest BCUT2D eigenvalue weighted by atomic mass is 10.1. The van der Waals surface area contributed by atoms with Crippen LogP contribution in [0.15, 0.2) is 30.3 Å². The molecule has 0 amide bonds. The quantitative estimate of drug-likeness (QED) is 0.765. The zero-order valence-corrected chi connectivity index (χ0v) is 9.48. The van der Waals surface area contributed by atoms with Crippen molar-refractivity contribution in [2.24, 2.45) is 5.73 Å². The van der Waals surface area contributed by atoms with Crippen LogP contribution < -0.4 is 10.6 Å². The monoisotopic (exact) mass is 208 g/mol. The Morgan fingerprint density at radius 2 is 1.93 bits per heavy atom. The molecule has 1 aromatic rings. The molecule has 0 aliphatic carbocycles. The second-order valence-electron chi connectivity index (χ2n) is 4.05. The van der Waals surface area contributed by atoms with E-state index < -0.39 is 5.60 Å². The van der Waals surface area contributed by atoms with Gasteiger partial charge in [-0.05, 0) is 26.0 Å². The van der Waals surface area contributed by atoms with Gasteiger partial charge in [0.1, 0.15) is 0 Å². The van der Waals surface area contributed by atoms with E-state index in [9.17, 15) is 5.11 Å². The average Bonchev–Trinajstić information content (AvgIpc) is 2.27. The van der Waals surface area contributed by atoms with E-state index in [0.717, 1.165) is 12.2 Å². The average molecular weight is 208 g/mol. The molecule has 0 saturated heterocycles. The maximum atomic E-state index is 9.92. The van der Waals surface area contributed by atoms with E-state index >= 15 is 0 Å². The lowest BCUT2D eigenvalue weighted by molar-refractivity contribution is 0.0763. The van der Waals surface area contributed by atoms with E-state index in [1.807, 2.05) is 30.3 Å². The van der Waals surface area contributed by atoms with E-state index in [2.05, 4.69) is 11.8 Å². The lowest BCUT2D eigenvalue weighted by Gasteiger charge is -2.31. The fourth-order valence-corrected chi connectivity index (χ4v) is 1.50. The molecule has 0 saturated carbocycles. The van der Waals surface area contributed by atoms with Crippen molar-refractivity contribution in [3.8, 4) is 0 Å². The van der Waals surface area contributed by atoms with Crippen LogP contribution in [0.25, 0.3) is 0 Å². The zero-order chi connectivity index (χ0) is 11.3. The van der Waals surface area contributed by atoms with Gasteiger partial charge >= 0.3 is 0 Å². The van der Waals surface area contributed by atoms with Gasteiger partial charge < -0.3 is 15.7 Å². The van der Waals surface area contributed by atoms with Crippen LogP contribution in [0.3, 0.4) is 0 Å². The first kappa shape index (κ1) is 12.0. The van der Waals surface area contributed by atoms with Gasteiger partial charge in [-0.25, -0.2) is 0 Å². The number of nitrogens with two attached hydrogens (primary N) is 1. The molecule has 0 heterocycles. The Bertz CT molecular complexity index is 285. The summed E-state index contributed by atoms with van der Waals surface area (Å²) in [5, 5.41) is 9.92. The fourth-order valence-electron chi connectivity index (χ4n) is 1.50. The number of anilines is 1. The maximum Gasteiger partial charge on any atom is 0.0915 e. The highest BCUT2D eigenvalue weighted by atomic mass is 16.3. The SMILES string of the molecule is CCN(CC(C)(O)CN)c1ccccc1. The first-order valence-electron chi connectivity index (χ1n) is 5.31. The predicted octanol–water partition coefficient (Wildman–Crippen LogP) is 1.22. The molecule has 84 valence electrons. The number of likely N-dealkylation sites (N-methyl/N-ethyl adjacent to an activating group) is 1. The zero-order valence-electron chi connectivity index (χ0n) is 9.48. The first-order chi connectivity index (χ1) is 7.09. The summed E-state index contributed by atoms with van der Waals surface area (Å²) < 4.78 is 0. The molecule has 0 aliphatic heterocycles. The van der Waals surface area contributed by atoms with Crippen molar-refractivity contribution in [1.29, 1.82) is 0 Å². The van der Waals surface area contributed by atoms with E-state index in [1.165, 1.54) is 0 Å². The smallest absolute Gasteiger partial charge is 0.0915 e. The van der Waals surface area contributed by atoms with Gasteiger partial charge in [-0.2, -0.15) is 0 Å². The minimum absolute atomic E-state index is 0.274. The Balaban J connectivity index is 2.73. The fraction of sp³-hybridized carbons (Fsp3) is 0.500. The highest BCUT2D eigenvalue weighted by Crippen LogP contribution is 2.15. The molecule has 1 rings (SSSR count). The van der Waals surface area contributed by atoms with E-state index in [4.69, 9.17) is 5.73 Å². The van der Waals surface area contributed by atoms with Crippen molar-refractivity contribution in [2.75, 3.05) is 24.5 Å². The molecule has 1 atom stereocenters. The number of hydrogen-bond donors (Lipinski definition) is 2. The van der Waals surface area contributed by atoms with E-state index in [0.29, 0.717) is 6.54 Å². The number of rotatable bonds is 5. The van der Waals surface area contributed by atoms with Gasteiger partial charge in [0.15, 0.2) is 0 Å². The summed E-state index contributed by atoms with van der Waals surface area (Å²) in [5.41, 5.74) is 5.80. The molecule has 1 aromatic carbocycles. The summed E-state index contributed by atoms with van der Waals surface area (Å²) in [6.45, 7) is 5.53. The van der Waals surface area contributed by atoms with Crippen molar-refractivity contribution >= 4 is 5.69 Å². The second-order valence-corrected chi connectivity index (χ2v) is 4.05. The predicted molar refractivity (Wildman–Crippen MR) is 64.0 cm³/mol. The Labute approximate surface area is 91.5 Å².